The third kappa shape index (κ3) is 2.67. The molecule has 1 saturated heterocycles. The number of benzene rings is 1. The summed E-state index contributed by atoms with van der Waals surface area (Å²) in [5.74, 6) is -1.99. The molecule has 5 heteroatoms. The maximum Gasteiger partial charge on any atom is 0.308 e. The number of likely N-dealkylation sites (tertiary alicyclic amines) is 1. The molecule has 2 rings (SSSR count). The SMILES string of the molecule is O=C(O)[C@@H]1CCN(C(=O)Cc2ccccc2F)C1. The number of aliphatic carboxylic acids is 1. The fraction of sp³-hybridized carbons (Fsp3) is 0.385. The summed E-state index contributed by atoms with van der Waals surface area (Å²) in [4.78, 5) is 24.2. The Morgan fingerprint density at radius 3 is 2.72 bits per heavy atom. The molecule has 1 aliphatic rings. The Bertz CT molecular complexity index is 475. The van der Waals surface area contributed by atoms with Gasteiger partial charge in [-0.15, -0.1) is 0 Å². The molecular weight excluding hydrogens is 237 g/mol. The van der Waals surface area contributed by atoms with Crippen molar-refractivity contribution in [3.8, 4) is 0 Å². The number of hydrogen-bond donors (Lipinski definition) is 1. The van der Waals surface area contributed by atoms with Gasteiger partial charge in [0.15, 0.2) is 0 Å². The van der Waals surface area contributed by atoms with Crippen LogP contribution in [0.15, 0.2) is 24.3 Å². The van der Waals surface area contributed by atoms with E-state index in [0.29, 0.717) is 18.5 Å². The summed E-state index contributed by atoms with van der Waals surface area (Å²) in [5, 5.41) is 8.85. The van der Waals surface area contributed by atoms with Gasteiger partial charge in [0.05, 0.1) is 12.3 Å². The lowest BCUT2D eigenvalue weighted by Crippen LogP contribution is -2.31. The van der Waals surface area contributed by atoms with Crippen LogP contribution in [0, 0.1) is 11.7 Å². The van der Waals surface area contributed by atoms with E-state index < -0.39 is 17.7 Å². The number of halogens is 1. The summed E-state index contributed by atoms with van der Waals surface area (Å²) in [6.07, 6.45) is 0.456. The van der Waals surface area contributed by atoms with Crippen molar-refractivity contribution in [2.24, 2.45) is 5.92 Å². The monoisotopic (exact) mass is 251 g/mol. The van der Waals surface area contributed by atoms with Gasteiger partial charge in [-0.2, -0.15) is 0 Å². The first-order chi connectivity index (χ1) is 8.58. The molecule has 1 aromatic carbocycles. The van der Waals surface area contributed by atoms with Crippen LogP contribution in [-0.4, -0.2) is 35.0 Å². The maximum absolute atomic E-state index is 13.4. The van der Waals surface area contributed by atoms with Crippen LogP contribution in [0.5, 0.6) is 0 Å². The Kier molecular flexibility index (Phi) is 3.60. The molecule has 0 aromatic heterocycles. The number of carbonyl (C=O) groups is 2. The molecule has 18 heavy (non-hydrogen) atoms. The van der Waals surface area contributed by atoms with Crippen molar-refractivity contribution in [3.63, 3.8) is 0 Å². The van der Waals surface area contributed by atoms with Gasteiger partial charge >= 0.3 is 5.97 Å². The van der Waals surface area contributed by atoms with Crippen molar-refractivity contribution in [3.05, 3.63) is 35.6 Å². The maximum atomic E-state index is 13.4. The zero-order chi connectivity index (χ0) is 13.1. The quantitative estimate of drug-likeness (QED) is 0.881. The van der Waals surface area contributed by atoms with Crippen molar-refractivity contribution < 1.29 is 19.1 Å². The number of hydrogen-bond acceptors (Lipinski definition) is 2. The van der Waals surface area contributed by atoms with E-state index in [2.05, 4.69) is 0 Å². The van der Waals surface area contributed by atoms with Crippen molar-refractivity contribution in [1.29, 1.82) is 0 Å². The van der Waals surface area contributed by atoms with Crippen LogP contribution < -0.4 is 0 Å². The molecule has 0 unspecified atom stereocenters. The highest BCUT2D eigenvalue weighted by atomic mass is 19.1. The normalized spacial score (nSPS) is 18.9. The predicted octanol–water partition coefficient (Wildman–Crippen LogP) is 1.30. The summed E-state index contributed by atoms with van der Waals surface area (Å²) in [6, 6.07) is 6.12. The minimum absolute atomic E-state index is 0.0149. The molecule has 1 aliphatic heterocycles. The van der Waals surface area contributed by atoms with Crippen molar-refractivity contribution in [2.75, 3.05) is 13.1 Å². The average Bonchev–Trinajstić information content (AvgIpc) is 2.81. The number of nitrogens with zero attached hydrogens (tertiary/aromatic N) is 1. The van der Waals surface area contributed by atoms with Crippen molar-refractivity contribution in [2.45, 2.75) is 12.8 Å². The predicted molar refractivity (Wildman–Crippen MR) is 62.4 cm³/mol. The van der Waals surface area contributed by atoms with Gasteiger partial charge in [-0.25, -0.2) is 4.39 Å². The lowest BCUT2D eigenvalue weighted by Gasteiger charge is -2.15. The Morgan fingerprint density at radius 2 is 2.11 bits per heavy atom. The summed E-state index contributed by atoms with van der Waals surface area (Å²) in [7, 11) is 0. The van der Waals surface area contributed by atoms with E-state index in [1.54, 1.807) is 18.2 Å². The van der Waals surface area contributed by atoms with Crippen molar-refractivity contribution >= 4 is 11.9 Å². The van der Waals surface area contributed by atoms with Crippen LogP contribution in [0.3, 0.4) is 0 Å². The second-order valence-electron chi connectivity index (χ2n) is 4.43. The molecule has 1 fully saturated rings. The second-order valence-corrected chi connectivity index (χ2v) is 4.43. The summed E-state index contributed by atoms with van der Waals surface area (Å²) in [6.45, 7) is 0.660. The summed E-state index contributed by atoms with van der Waals surface area (Å²) < 4.78 is 13.4. The van der Waals surface area contributed by atoms with Crippen molar-refractivity contribution in [1.82, 2.24) is 4.90 Å². The highest BCUT2D eigenvalue weighted by Gasteiger charge is 2.30. The number of amides is 1. The largest absolute Gasteiger partial charge is 0.481 e. The number of carboxylic acid groups (broad SMARTS) is 1. The standard InChI is InChI=1S/C13H14FNO3/c14-11-4-2-1-3-9(11)7-12(16)15-6-5-10(8-15)13(17)18/h1-4,10H,5-8H2,(H,17,18)/t10-/m1/s1. The van der Waals surface area contributed by atoms with Gasteiger partial charge in [0.1, 0.15) is 5.82 Å². The van der Waals surface area contributed by atoms with Gasteiger partial charge in [-0.3, -0.25) is 9.59 Å². The van der Waals surface area contributed by atoms with Gasteiger partial charge in [0.25, 0.3) is 0 Å². The first kappa shape index (κ1) is 12.5. The van der Waals surface area contributed by atoms with Gasteiger partial charge in [0, 0.05) is 13.1 Å². The van der Waals surface area contributed by atoms with Gasteiger partial charge in [0.2, 0.25) is 5.91 Å². The molecule has 4 nitrogen and oxygen atoms in total. The lowest BCUT2D eigenvalue weighted by atomic mass is 10.1. The molecule has 1 atom stereocenters. The molecule has 0 bridgehead atoms. The topological polar surface area (TPSA) is 57.6 Å². The Hall–Kier alpha value is -1.91. The molecule has 1 aromatic rings. The van der Waals surface area contributed by atoms with Crippen LogP contribution in [0.2, 0.25) is 0 Å². The van der Waals surface area contributed by atoms with E-state index in [4.69, 9.17) is 5.11 Å². The molecule has 1 heterocycles. The number of carbonyl (C=O) groups excluding carboxylic acids is 1. The Labute approximate surface area is 104 Å². The molecule has 0 aliphatic carbocycles. The van der Waals surface area contributed by atoms with E-state index in [0.717, 1.165) is 0 Å². The van der Waals surface area contributed by atoms with Gasteiger partial charge in [-0.05, 0) is 18.1 Å². The molecule has 1 amide bonds. The smallest absolute Gasteiger partial charge is 0.308 e. The second kappa shape index (κ2) is 5.16. The Balaban J connectivity index is 1.98. The molecule has 1 N–H and O–H groups in total. The van der Waals surface area contributed by atoms with E-state index in [-0.39, 0.29) is 18.9 Å². The third-order valence-corrected chi connectivity index (χ3v) is 3.19. The highest BCUT2D eigenvalue weighted by Crippen LogP contribution is 2.18. The van der Waals surface area contributed by atoms with Gasteiger partial charge in [-0.1, -0.05) is 18.2 Å². The number of carboxylic acids is 1. The van der Waals surface area contributed by atoms with Crippen LogP contribution >= 0.6 is 0 Å². The van der Waals surface area contributed by atoms with E-state index in [1.165, 1.54) is 11.0 Å². The van der Waals surface area contributed by atoms with Crippen LogP contribution in [0.4, 0.5) is 4.39 Å². The molecule has 0 spiro atoms. The molecule has 0 saturated carbocycles. The van der Waals surface area contributed by atoms with Gasteiger partial charge < -0.3 is 10.0 Å². The first-order valence-electron chi connectivity index (χ1n) is 5.82. The van der Waals surface area contributed by atoms with E-state index >= 15 is 0 Å². The summed E-state index contributed by atoms with van der Waals surface area (Å²) in [5.41, 5.74) is 0.348. The van der Waals surface area contributed by atoms with Crippen LogP contribution in [0.1, 0.15) is 12.0 Å². The fourth-order valence-corrected chi connectivity index (χ4v) is 2.10. The minimum atomic E-state index is -0.879. The molecular formula is C13H14FNO3. The first-order valence-corrected chi connectivity index (χ1v) is 5.82. The third-order valence-electron chi connectivity index (χ3n) is 3.19. The van der Waals surface area contributed by atoms with E-state index in [1.807, 2.05) is 0 Å². The average molecular weight is 251 g/mol. The zero-order valence-electron chi connectivity index (χ0n) is 9.80. The highest BCUT2D eigenvalue weighted by molar-refractivity contribution is 5.80. The Morgan fingerprint density at radius 1 is 1.39 bits per heavy atom. The summed E-state index contributed by atoms with van der Waals surface area (Å²) >= 11 is 0. The fourth-order valence-electron chi connectivity index (χ4n) is 2.10. The molecule has 96 valence electrons. The zero-order valence-corrected chi connectivity index (χ0v) is 9.80. The molecule has 0 radical (unpaired) electrons. The van der Waals surface area contributed by atoms with Crippen LogP contribution in [-0.2, 0) is 16.0 Å². The minimum Gasteiger partial charge on any atom is -0.481 e. The van der Waals surface area contributed by atoms with Crippen LogP contribution in [0.25, 0.3) is 0 Å². The van der Waals surface area contributed by atoms with E-state index in [9.17, 15) is 14.0 Å². The number of rotatable bonds is 3. The lowest BCUT2D eigenvalue weighted by molar-refractivity contribution is -0.141.